The van der Waals surface area contributed by atoms with Crippen LogP contribution in [0.3, 0.4) is 0 Å². The van der Waals surface area contributed by atoms with Gasteiger partial charge < -0.3 is 5.32 Å². The number of amides is 1. The van der Waals surface area contributed by atoms with Gasteiger partial charge in [0.2, 0.25) is 0 Å². The van der Waals surface area contributed by atoms with Crippen molar-refractivity contribution in [2.24, 2.45) is 0 Å². The van der Waals surface area contributed by atoms with Crippen LogP contribution in [0, 0.1) is 5.82 Å². The predicted molar refractivity (Wildman–Crippen MR) is 108 cm³/mol. The number of hydrogen-bond acceptors (Lipinski definition) is 2. The van der Waals surface area contributed by atoms with E-state index < -0.39 is 5.82 Å². The second-order valence-corrected chi connectivity index (χ2v) is 6.57. The van der Waals surface area contributed by atoms with Crippen LogP contribution in [0.5, 0.6) is 0 Å². The quantitative estimate of drug-likeness (QED) is 0.493. The summed E-state index contributed by atoms with van der Waals surface area (Å²) in [5.74, 6) is -0.251. The average Bonchev–Trinajstić information content (AvgIpc) is 3.13. The van der Waals surface area contributed by atoms with Crippen LogP contribution in [0.25, 0.3) is 16.9 Å². The molecule has 0 radical (unpaired) electrons. The largest absolute Gasteiger partial charge is 0.306 e. The topological polar surface area (TPSA) is 46.9 Å². The van der Waals surface area contributed by atoms with Crippen LogP contribution in [0.2, 0.25) is 5.02 Å². The number of nitrogens with one attached hydrogen (secondary N) is 1. The minimum absolute atomic E-state index is 0.352. The van der Waals surface area contributed by atoms with E-state index in [1.165, 1.54) is 24.3 Å². The lowest BCUT2D eigenvalue weighted by Crippen LogP contribution is -2.15. The lowest BCUT2D eigenvalue weighted by atomic mass is 10.1. The highest BCUT2D eigenvalue weighted by Gasteiger charge is 2.15. The third kappa shape index (κ3) is 3.80. The van der Waals surface area contributed by atoms with Gasteiger partial charge in [-0.2, -0.15) is 5.10 Å². The zero-order valence-corrected chi connectivity index (χ0v) is 15.4. The molecule has 1 aromatic heterocycles. The van der Waals surface area contributed by atoms with Crippen LogP contribution >= 0.6 is 11.6 Å². The van der Waals surface area contributed by atoms with Crippen molar-refractivity contribution in [3.05, 3.63) is 101 Å². The number of benzene rings is 3. The third-order valence-corrected chi connectivity index (χ3v) is 4.41. The fraction of sp³-hybridized carbons (Fsp3) is 0. The molecule has 0 aliphatic heterocycles. The first-order valence-corrected chi connectivity index (χ1v) is 8.96. The molecule has 1 amide bonds. The van der Waals surface area contributed by atoms with E-state index in [9.17, 15) is 9.18 Å². The van der Waals surface area contributed by atoms with Crippen molar-refractivity contribution in [2.45, 2.75) is 0 Å². The van der Waals surface area contributed by atoms with Crippen LogP contribution in [0.1, 0.15) is 10.4 Å². The fourth-order valence-electron chi connectivity index (χ4n) is 2.81. The van der Waals surface area contributed by atoms with E-state index in [1.807, 2.05) is 48.5 Å². The number of halogens is 2. The summed E-state index contributed by atoms with van der Waals surface area (Å²) in [5.41, 5.74) is 2.65. The van der Waals surface area contributed by atoms with Crippen molar-refractivity contribution < 1.29 is 9.18 Å². The van der Waals surface area contributed by atoms with Crippen LogP contribution in [-0.4, -0.2) is 15.7 Å². The Balaban J connectivity index is 1.74. The van der Waals surface area contributed by atoms with Crippen molar-refractivity contribution in [2.75, 3.05) is 5.32 Å². The molecular weight excluding hydrogens is 377 g/mol. The lowest BCUT2D eigenvalue weighted by Gasteiger charge is -2.08. The highest BCUT2D eigenvalue weighted by molar-refractivity contribution is 6.30. The van der Waals surface area contributed by atoms with Gasteiger partial charge in [0.15, 0.2) is 0 Å². The summed E-state index contributed by atoms with van der Waals surface area (Å²) < 4.78 is 14.8. The molecule has 28 heavy (non-hydrogen) atoms. The Hall–Kier alpha value is -3.44. The van der Waals surface area contributed by atoms with E-state index in [0.29, 0.717) is 22.1 Å². The Morgan fingerprint density at radius 3 is 2.39 bits per heavy atom. The number of carbonyl (C=O) groups is 1. The second kappa shape index (κ2) is 7.66. The normalized spacial score (nSPS) is 10.6. The van der Waals surface area contributed by atoms with Gasteiger partial charge in [-0.05, 0) is 48.5 Å². The van der Waals surface area contributed by atoms with Crippen molar-refractivity contribution >= 4 is 23.3 Å². The molecule has 1 heterocycles. The first-order chi connectivity index (χ1) is 13.6. The Bertz CT molecular complexity index is 1120. The van der Waals surface area contributed by atoms with Gasteiger partial charge in [0.05, 0.1) is 11.4 Å². The van der Waals surface area contributed by atoms with Crippen LogP contribution in [0.4, 0.5) is 10.2 Å². The molecule has 0 bridgehead atoms. The molecule has 0 saturated heterocycles. The third-order valence-electron chi connectivity index (χ3n) is 4.18. The average molecular weight is 392 g/mol. The molecule has 0 atom stereocenters. The van der Waals surface area contributed by atoms with Gasteiger partial charge in [-0.15, -0.1) is 0 Å². The van der Waals surface area contributed by atoms with Crippen LogP contribution < -0.4 is 5.32 Å². The van der Waals surface area contributed by atoms with E-state index in [2.05, 4.69) is 10.4 Å². The Morgan fingerprint density at radius 1 is 0.929 bits per heavy atom. The molecule has 3 aromatic carbocycles. The first kappa shape index (κ1) is 17.9. The zero-order chi connectivity index (χ0) is 19.5. The molecule has 0 unspecified atom stereocenters. The van der Waals surface area contributed by atoms with Gasteiger partial charge in [-0.3, -0.25) is 4.79 Å². The number of rotatable bonds is 4. The maximum absolute atomic E-state index is 13.1. The van der Waals surface area contributed by atoms with Crippen LogP contribution in [0.15, 0.2) is 84.9 Å². The van der Waals surface area contributed by atoms with Gasteiger partial charge in [0.25, 0.3) is 5.91 Å². The molecular formula is C22H15ClFN3O. The second-order valence-electron chi connectivity index (χ2n) is 6.13. The van der Waals surface area contributed by atoms with Crippen molar-refractivity contribution in [1.29, 1.82) is 0 Å². The van der Waals surface area contributed by atoms with Gasteiger partial charge in [0, 0.05) is 22.2 Å². The monoisotopic (exact) mass is 391 g/mol. The lowest BCUT2D eigenvalue weighted by molar-refractivity contribution is 0.102. The number of aromatic nitrogens is 2. The van der Waals surface area contributed by atoms with Gasteiger partial charge in [-0.1, -0.05) is 41.9 Å². The Morgan fingerprint density at radius 2 is 1.68 bits per heavy atom. The van der Waals surface area contributed by atoms with Gasteiger partial charge >= 0.3 is 0 Å². The molecule has 4 rings (SSSR count). The van der Waals surface area contributed by atoms with Gasteiger partial charge in [-0.25, -0.2) is 9.07 Å². The van der Waals surface area contributed by atoms with E-state index >= 15 is 0 Å². The maximum atomic E-state index is 13.1. The minimum Gasteiger partial charge on any atom is -0.306 e. The molecule has 0 aliphatic carbocycles. The number of anilines is 1. The van der Waals surface area contributed by atoms with E-state index in [-0.39, 0.29) is 5.91 Å². The summed E-state index contributed by atoms with van der Waals surface area (Å²) in [5, 5.41) is 8.09. The molecule has 138 valence electrons. The molecule has 0 aliphatic rings. The van der Waals surface area contributed by atoms with Crippen molar-refractivity contribution in [3.63, 3.8) is 0 Å². The Labute approximate surface area is 166 Å². The predicted octanol–water partition coefficient (Wildman–Crippen LogP) is 5.58. The zero-order valence-electron chi connectivity index (χ0n) is 14.6. The molecule has 1 N–H and O–H groups in total. The van der Waals surface area contributed by atoms with Gasteiger partial charge in [0.1, 0.15) is 11.6 Å². The number of nitrogens with zero attached hydrogens (tertiary/aromatic N) is 2. The number of hydrogen-bond donors (Lipinski definition) is 1. The molecule has 6 heteroatoms. The first-order valence-electron chi connectivity index (χ1n) is 8.58. The highest BCUT2D eigenvalue weighted by Crippen LogP contribution is 2.27. The van der Waals surface area contributed by atoms with Crippen molar-refractivity contribution in [1.82, 2.24) is 9.78 Å². The molecule has 4 aromatic rings. The standard InChI is InChI=1S/C22H15ClFN3O/c23-17-6-4-5-16(13-17)20-14-21(27(26-20)19-7-2-1-3-8-19)25-22(28)15-9-11-18(24)12-10-15/h1-14H,(H,25,28). The van der Waals surface area contributed by atoms with Crippen molar-refractivity contribution in [3.8, 4) is 16.9 Å². The molecule has 0 fully saturated rings. The summed E-state index contributed by atoms with van der Waals surface area (Å²) >= 11 is 6.10. The summed E-state index contributed by atoms with van der Waals surface area (Å²) in [6.45, 7) is 0. The summed E-state index contributed by atoms with van der Waals surface area (Å²) in [6, 6.07) is 24.0. The van der Waals surface area contributed by atoms with Crippen LogP contribution in [-0.2, 0) is 0 Å². The van der Waals surface area contributed by atoms with E-state index in [1.54, 1.807) is 16.8 Å². The SMILES string of the molecule is O=C(Nc1cc(-c2cccc(Cl)c2)nn1-c1ccccc1)c1ccc(F)cc1. The Kier molecular flexibility index (Phi) is 4.91. The highest BCUT2D eigenvalue weighted by atomic mass is 35.5. The molecule has 4 nitrogen and oxygen atoms in total. The minimum atomic E-state index is -0.394. The summed E-state index contributed by atoms with van der Waals surface area (Å²) in [4.78, 5) is 12.6. The van der Waals surface area contributed by atoms with E-state index in [0.717, 1.165) is 11.3 Å². The molecule has 0 spiro atoms. The van der Waals surface area contributed by atoms with E-state index in [4.69, 9.17) is 11.6 Å². The summed E-state index contributed by atoms with van der Waals surface area (Å²) in [6.07, 6.45) is 0. The maximum Gasteiger partial charge on any atom is 0.256 e. The number of carbonyl (C=O) groups excluding carboxylic acids is 1. The smallest absolute Gasteiger partial charge is 0.256 e. The molecule has 0 saturated carbocycles. The fourth-order valence-corrected chi connectivity index (χ4v) is 3.01. The summed E-state index contributed by atoms with van der Waals surface area (Å²) in [7, 11) is 0. The number of para-hydroxylation sites is 1.